The van der Waals surface area contributed by atoms with Crippen molar-refractivity contribution in [1.29, 1.82) is 0 Å². The molecule has 0 aliphatic rings. The van der Waals surface area contributed by atoms with E-state index in [-0.39, 0.29) is 23.2 Å². The zero-order chi connectivity index (χ0) is 14.7. The van der Waals surface area contributed by atoms with Crippen LogP contribution in [0.15, 0.2) is 22.9 Å². The minimum absolute atomic E-state index is 0.0646. The van der Waals surface area contributed by atoms with E-state index in [4.69, 9.17) is 15.3 Å². The van der Waals surface area contributed by atoms with Crippen LogP contribution in [0.5, 0.6) is 17.4 Å². The summed E-state index contributed by atoms with van der Waals surface area (Å²) in [4.78, 5) is 7.59. The van der Waals surface area contributed by atoms with Crippen LogP contribution >= 0.6 is 15.9 Å². The van der Waals surface area contributed by atoms with Crippen LogP contribution in [-0.2, 0) is 0 Å². The lowest BCUT2D eigenvalue weighted by Gasteiger charge is -2.12. The van der Waals surface area contributed by atoms with Gasteiger partial charge in [-0.25, -0.2) is 15.2 Å². The molecule has 1 heterocycles. The number of halogens is 3. The van der Waals surface area contributed by atoms with Crippen molar-refractivity contribution in [2.24, 2.45) is 5.84 Å². The van der Waals surface area contributed by atoms with Crippen LogP contribution in [0.3, 0.4) is 0 Å². The van der Waals surface area contributed by atoms with Gasteiger partial charge in [-0.05, 0) is 12.1 Å². The normalized spacial score (nSPS) is 10.2. The first-order valence-electron chi connectivity index (χ1n) is 5.24. The average Bonchev–Trinajstić information content (AvgIpc) is 2.43. The van der Waals surface area contributed by atoms with Gasteiger partial charge >= 0.3 is 0 Å². The third-order valence-corrected chi connectivity index (χ3v) is 2.74. The number of anilines is 1. The predicted molar refractivity (Wildman–Crippen MR) is 70.5 cm³/mol. The number of nitrogen functional groups attached to an aromatic ring is 1. The number of aromatic nitrogens is 2. The number of nitrogens with two attached hydrogens (primary N) is 1. The third-order valence-electron chi connectivity index (χ3n) is 2.28. The van der Waals surface area contributed by atoms with E-state index in [1.165, 1.54) is 13.2 Å². The highest BCUT2D eigenvalue weighted by atomic mass is 79.9. The van der Waals surface area contributed by atoms with Crippen LogP contribution in [0.1, 0.15) is 0 Å². The molecule has 0 fully saturated rings. The van der Waals surface area contributed by atoms with Crippen molar-refractivity contribution < 1.29 is 18.3 Å². The van der Waals surface area contributed by atoms with Gasteiger partial charge in [-0.2, -0.15) is 9.37 Å². The summed E-state index contributed by atoms with van der Waals surface area (Å²) in [5.41, 5.74) is 2.28. The SMILES string of the molecule is COc1c(NN)ncnc1Oc1cc(Br)cc(F)c1F. The fraction of sp³-hybridized carbons (Fsp3) is 0.0909. The van der Waals surface area contributed by atoms with Gasteiger partial charge < -0.3 is 14.9 Å². The van der Waals surface area contributed by atoms with Gasteiger partial charge in [0.15, 0.2) is 17.4 Å². The van der Waals surface area contributed by atoms with Gasteiger partial charge in [0.25, 0.3) is 5.88 Å². The molecule has 0 spiro atoms. The summed E-state index contributed by atoms with van der Waals surface area (Å²) >= 11 is 3.04. The Balaban J connectivity index is 2.45. The molecule has 2 aromatic rings. The maximum atomic E-state index is 13.6. The minimum atomic E-state index is -1.14. The Morgan fingerprint density at radius 1 is 1.30 bits per heavy atom. The van der Waals surface area contributed by atoms with Gasteiger partial charge in [0.1, 0.15) is 6.33 Å². The van der Waals surface area contributed by atoms with Gasteiger partial charge in [-0.15, -0.1) is 0 Å². The van der Waals surface area contributed by atoms with Crippen LogP contribution in [-0.4, -0.2) is 17.1 Å². The Kier molecular flexibility index (Phi) is 4.30. The Morgan fingerprint density at radius 3 is 2.70 bits per heavy atom. The Bertz CT molecular complexity index is 642. The number of hydrogen-bond acceptors (Lipinski definition) is 6. The maximum absolute atomic E-state index is 13.6. The monoisotopic (exact) mass is 346 g/mol. The standard InChI is InChI=1S/C11H9BrF2N4O2/c1-19-9-10(18-15)16-4-17-11(9)20-7-3-5(12)2-6(13)8(7)14/h2-4H,15H2,1H3,(H,16,17,18). The molecule has 20 heavy (non-hydrogen) atoms. The second-order valence-corrected chi connectivity index (χ2v) is 4.42. The predicted octanol–water partition coefficient (Wildman–Crippen LogP) is 2.60. The zero-order valence-electron chi connectivity index (χ0n) is 10.2. The highest BCUT2D eigenvalue weighted by Crippen LogP contribution is 2.36. The molecule has 0 aliphatic carbocycles. The van der Waals surface area contributed by atoms with E-state index in [1.807, 2.05) is 0 Å². The molecular formula is C11H9BrF2N4O2. The van der Waals surface area contributed by atoms with E-state index in [0.717, 1.165) is 12.4 Å². The summed E-state index contributed by atoms with van der Waals surface area (Å²) in [6.07, 6.45) is 1.14. The summed E-state index contributed by atoms with van der Waals surface area (Å²) in [5, 5.41) is 0. The molecule has 0 amide bonds. The number of hydrazine groups is 1. The average molecular weight is 347 g/mol. The largest absolute Gasteiger partial charge is 0.489 e. The van der Waals surface area contributed by atoms with E-state index in [2.05, 4.69) is 31.3 Å². The quantitative estimate of drug-likeness (QED) is 0.503. The van der Waals surface area contributed by atoms with Crippen LogP contribution in [0.4, 0.5) is 14.6 Å². The minimum Gasteiger partial charge on any atom is -0.489 e. The molecule has 0 unspecified atom stereocenters. The molecule has 0 aliphatic heterocycles. The molecule has 0 bridgehead atoms. The molecule has 1 aromatic carbocycles. The first-order chi connectivity index (χ1) is 9.56. The summed E-state index contributed by atoms with van der Waals surface area (Å²) in [6.45, 7) is 0. The van der Waals surface area contributed by atoms with Gasteiger partial charge in [0.05, 0.1) is 7.11 Å². The molecule has 0 saturated carbocycles. The third kappa shape index (κ3) is 2.78. The van der Waals surface area contributed by atoms with E-state index in [1.54, 1.807) is 0 Å². The molecule has 106 valence electrons. The lowest BCUT2D eigenvalue weighted by molar-refractivity contribution is 0.355. The highest BCUT2D eigenvalue weighted by Gasteiger charge is 2.18. The molecule has 6 nitrogen and oxygen atoms in total. The van der Waals surface area contributed by atoms with E-state index >= 15 is 0 Å². The van der Waals surface area contributed by atoms with Gasteiger partial charge in [-0.1, -0.05) is 15.9 Å². The number of nitrogens with zero attached hydrogens (tertiary/aromatic N) is 2. The molecule has 9 heteroatoms. The van der Waals surface area contributed by atoms with Crippen molar-refractivity contribution in [2.45, 2.75) is 0 Å². The number of methoxy groups -OCH3 is 1. The molecule has 0 saturated heterocycles. The first kappa shape index (κ1) is 14.4. The van der Waals surface area contributed by atoms with Crippen molar-refractivity contribution >= 4 is 21.7 Å². The smallest absolute Gasteiger partial charge is 0.268 e. The van der Waals surface area contributed by atoms with Crippen molar-refractivity contribution in [1.82, 2.24) is 9.97 Å². The fourth-order valence-electron chi connectivity index (χ4n) is 1.43. The molecule has 2 rings (SSSR count). The van der Waals surface area contributed by atoms with Crippen LogP contribution < -0.4 is 20.7 Å². The zero-order valence-corrected chi connectivity index (χ0v) is 11.7. The molecular weight excluding hydrogens is 338 g/mol. The van der Waals surface area contributed by atoms with Crippen LogP contribution in [0, 0.1) is 11.6 Å². The van der Waals surface area contributed by atoms with E-state index < -0.39 is 11.6 Å². The highest BCUT2D eigenvalue weighted by molar-refractivity contribution is 9.10. The summed E-state index contributed by atoms with van der Waals surface area (Å²) < 4.78 is 37.5. The van der Waals surface area contributed by atoms with Gasteiger partial charge in [0, 0.05) is 4.47 Å². The number of rotatable bonds is 4. The van der Waals surface area contributed by atoms with Crippen LogP contribution in [0.25, 0.3) is 0 Å². The Hall–Kier alpha value is -2.00. The second-order valence-electron chi connectivity index (χ2n) is 3.51. The van der Waals surface area contributed by atoms with Crippen molar-refractivity contribution in [3.05, 3.63) is 34.6 Å². The first-order valence-corrected chi connectivity index (χ1v) is 6.04. The van der Waals surface area contributed by atoms with Gasteiger partial charge in [0.2, 0.25) is 11.6 Å². The molecule has 1 aromatic heterocycles. The fourth-order valence-corrected chi connectivity index (χ4v) is 1.84. The molecule has 0 radical (unpaired) electrons. The molecule has 0 atom stereocenters. The van der Waals surface area contributed by atoms with Crippen molar-refractivity contribution in [3.8, 4) is 17.4 Å². The van der Waals surface area contributed by atoms with Crippen LogP contribution in [0.2, 0.25) is 0 Å². The van der Waals surface area contributed by atoms with E-state index in [0.29, 0.717) is 4.47 Å². The Labute approximate surface area is 121 Å². The van der Waals surface area contributed by atoms with Crippen molar-refractivity contribution in [3.63, 3.8) is 0 Å². The number of ether oxygens (including phenoxy) is 2. The summed E-state index contributed by atoms with van der Waals surface area (Å²) in [6, 6.07) is 2.24. The number of nitrogens with one attached hydrogen (secondary N) is 1. The summed E-state index contributed by atoms with van der Waals surface area (Å²) in [7, 11) is 1.34. The number of hydrogen-bond donors (Lipinski definition) is 2. The lowest BCUT2D eigenvalue weighted by atomic mass is 10.3. The summed E-state index contributed by atoms with van der Waals surface area (Å²) in [5.74, 6) is 2.81. The second kappa shape index (κ2) is 5.97. The topological polar surface area (TPSA) is 82.3 Å². The lowest BCUT2D eigenvalue weighted by Crippen LogP contribution is -2.11. The Morgan fingerprint density at radius 2 is 2.05 bits per heavy atom. The van der Waals surface area contributed by atoms with Gasteiger partial charge in [-0.3, -0.25) is 0 Å². The van der Waals surface area contributed by atoms with Crippen molar-refractivity contribution in [2.75, 3.05) is 12.5 Å². The number of benzene rings is 1. The maximum Gasteiger partial charge on any atom is 0.268 e. The van der Waals surface area contributed by atoms with E-state index in [9.17, 15) is 8.78 Å². The molecule has 3 N–H and O–H groups in total.